The predicted octanol–water partition coefficient (Wildman–Crippen LogP) is 5.11. The van der Waals surface area contributed by atoms with Crippen LogP contribution in [0.3, 0.4) is 0 Å². The number of halogens is 1. The van der Waals surface area contributed by atoms with Gasteiger partial charge in [0.1, 0.15) is 5.75 Å². The number of nitrogens with one attached hydrogen (secondary N) is 1. The minimum absolute atomic E-state index is 0.343. The Balaban J connectivity index is 1.47. The maximum absolute atomic E-state index is 11.2. The van der Waals surface area contributed by atoms with E-state index in [4.69, 9.17) is 22.1 Å². The average Bonchev–Trinajstić information content (AvgIpc) is 2.79. The third-order valence-corrected chi connectivity index (χ3v) is 5.42. The van der Waals surface area contributed by atoms with Crippen LogP contribution >= 0.6 is 11.6 Å². The van der Waals surface area contributed by atoms with Crippen LogP contribution < -0.4 is 15.8 Å². The molecule has 0 unspecified atom stereocenters. The molecule has 0 spiro atoms. The number of nitrogens with zero attached hydrogens (tertiary/aromatic N) is 1. The summed E-state index contributed by atoms with van der Waals surface area (Å²) in [5, 5.41) is 6.40. The Morgan fingerprint density at radius 2 is 1.71 bits per heavy atom. The van der Waals surface area contributed by atoms with E-state index in [1.807, 2.05) is 42.5 Å². The van der Waals surface area contributed by atoms with Crippen molar-refractivity contribution in [1.29, 1.82) is 0 Å². The third kappa shape index (κ3) is 5.02. The van der Waals surface area contributed by atoms with Crippen LogP contribution in [0.4, 0.5) is 0 Å². The summed E-state index contributed by atoms with van der Waals surface area (Å²) in [5.74, 6) is 0.589. The molecule has 0 radical (unpaired) electrons. The molecule has 1 aromatic heterocycles. The SMILES string of the molecule is NC(=O)c1ccc(Oc2ccc(CNCCc3ccccc3Cl)c3ccccc23)nc1. The van der Waals surface area contributed by atoms with Crippen molar-refractivity contribution in [3.8, 4) is 11.6 Å². The van der Waals surface area contributed by atoms with E-state index in [-0.39, 0.29) is 0 Å². The minimum Gasteiger partial charge on any atom is -0.438 e. The molecule has 31 heavy (non-hydrogen) atoms. The molecule has 0 fully saturated rings. The van der Waals surface area contributed by atoms with Gasteiger partial charge in [-0.05, 0) is 47.7 Å². The number of pyridine rings is 1. The number of amides is 1. The zero-order chi connectivity index (χ0) is 21.6. The molecular weight excluding hydrogens is 410 g/mol. The molecule has 4 rings (SSSR count). The Morgan fingerprint density at radius 1 is 0.935 bits per heavy atom. The Morgan fingerprint density at radius 3 is 2.45 bits per heavy atom. The van der Waals surface area contributed by atoms with Crippen LogP contribution in [0.2, 0.25) is 5.02 Å². The van der Waals surface area contributed by atoms with E-state index >= 15 is 0 Å². The lowest BCUT2D eigenvalue weighted by molar-refractivity contribution is 0.1000. The quantitative estimate of drug-likeness (QED) is 0.380. The van der Waals surface area contributed by atoms with Gasteiger partial charge in [-0.15, -0.1) is 0 Å². The van der Waals surface area contributed by atoms with Crippen molar-refractivity contribution < 1.29 is 9.53 Å². The second kappa shape index (κ2) is 9.60. The summed E-state index contributed by atoms with van der Waals surface area (Å²) in [6, 6.07) is 23.2. The number of rotatable bonds is 8. The molecule has 3 aromatic carbocycles. The minimum atomic E-state index is -0.518. The van der Waals surface area contributed by atoms with E-state index in [9.17, 15) is 4.79 Å². The van der Waals surface area contributed by atoms with Gasteiger partial charge >= 0.3 is 0 Å². The molecule has 0 aliphatic rings. The van der Waals surface area contributed by atoms with E-state index in [0.717, 1.165) is 40.9 Å². The van der Waals surface area contributed by atoms with E-state index in [2.05, 4.69) is 28.5 Å². The number of ether oxygens (including phenoxy) is 1. The fourth-order valence-electron chi connectivity index (χ4n) is 3.42. The lowest BCUT2D eigenvalue weighted by atomic mass is 10.0. The topological polar surface area (TPSA) is 77.2 Å². The normalized spacial score (nSPS) is 10.9. The second-order valence-corrected chi connectivity index (χ2v) is 7.55. The summed E-state index contributed by atoms with van der Waals surface area (Å²) in [7, 11) is 0. The van der Waals surface area contributed by atoms with Crippen molar-refractivity contribution in [3.63, 3.8) is 0 Å². The molecule has 0 saturated carbocycles. The van der Waals surface area contributed by atoms with Crippen LogP contribution in [0.15, 0.2) is 79.0 Å². The number of fused-ring (bicyclic) bond motifs is 1. The Kier molecular flexibility index (Phi) is 6.46. The highest BCUT2D eigenvalue weighted by molar-refractivity contribution is 6.31. The Labute approximate surface area is 185 Å². The van der Waals surface area contributed by atoms with Crippen LogP contribution in [-0.2, 0) is 13.0 Å². The number of primary amides is 1. The van der Waals surface area contributed by atoms with Gasteiger partial charge in [-0.25, -0.2) is 4.98 Å². The summed E-state index contributed by atoms with van der Waals surface area (Å²) in [6.07, 6.45) is 2.28. The van der Waals surface area contributed by atoms with Gasteiger partial charge < -0.3 is 15.8 Å². The molecule has 156 valence electrons. The molecule has 6 heteroatoms. The van der Waals surface area contributed by atoms with Crippen molar-refractivity contribution in [2.45, 2.75) is 13.0 Å². The molecule has 0 bridgehead atoms. The van der Waals surface area contributed by atoms with Gasteiger partial charge in [0.05, 0.1) is 5.56 Å². The maximum Gasteiger partial charge on any atom is 0.250 e. The molecule has 0 saturated heterocycles. The number of carbonyl (C=O) groups excluding carboxylic acids is 1. The zero-order valence-electron chi connectivity index (χ0n) is 16.8. The highest BCUT2D eigenvalue weighted by Crippen LogP contribution is 2.31. The molecule has 0 atom stereocenters. The van der Waals surface area contributed by atoms with Crippen LogP contribution in [0.1, 0.15) is 21.5 Å². The lowest BCUT2D eigenvalue weighted by Crippen LogP contribution is -2.17. The Hall–Kier alpha value is -3.41. The van der Waals surface area contributed by atoms with Crippen LogP contribution in [0.5, 0.6) is 11.6 Å². The standard InChI is InChI=1S/C25H22ClN3O2/c26-22-8-4-1-5-17(22)13-14-28-15-18-9-11-23(21-7-3-2-6-20(18)21)31-24-12-10-19(16-29-24)25(27)30/h1-12,16,28H,13-15H2,(H2,27,30). The molecule has 3 N–H and O–H groups in total. The molecule has 1 heterocycles. The van der Waals surface area contributed by atoms with Gasteiger partial charge in [-0.3, -0.25) is 4.79 Å². The van der Waals surface area contributed by atoms with Gasteiger partial charge in [0.25, 0.3) is 0 Å². The summed E-state index contributed by atoms with van der Waals surface area (Å²) >= 11 is 6.24. The number of aromatic nitrogens is 1. The Bertz CT molecular complexity index is 1210. The largest absolute Gasteiger partial charge is 0.438 e. The summed E-state index contributed by atoms with van der Waals surface area (Å²) in [4.78, 5) is 15.4. The fraction of sp³-hybridized carbons (Fsp3) is 0.120. The van der Waals surface area contributed by atoms with Crippen molar-refractivity contribution in [1.82, 2.24) is 10.3 Å². The number of hydrogen-bond donors (Lipinski definition) is 2. The number of benzene rings is 3. The monoisotopic (exact) mass is 431 g/mol. The van der Waals surface area contributed by atoms with Gasteiger partial charge in [0.2, 0.25) is 11.8 Å². The first kappa shape index (κ1) is 20.8. The van der Waals surface area contributed by atoms with Gasteiger partial charge in [-0.1, -0.05) is 60.1 Å². The highest BCUT2D eigenvalue weighted by atomic mass is 35.5. The summed E-state index contributed by atoms with van der Waals surface area (Å²) in [6.45, 7) is 1.56. The third-order valence-electron chi connectivity index (χ3n) is 5.05. The predicted molar refractivity (Wildman–Crippen MR) is 124 cm³/mol. The molecule has 1 amide bonds. The molecule has 5 nitrogen and oxygen atoms in total. The van der Waals surface area contributed by atoms with E-state index < -0.39 is 5.91 Å². The molecule has 0 aliphatic heterocycles. The van der Waals surface area contributed by atoms with Crippen LogP contribution in [-0.4, -0.2) is 17.4 Å². The molecule has 0 aliphatic carbocycles. The summed E-state index contributed by atoms with van der Waals surface area (Å²) in [5.41, 5.74) is 7.93. The fourth-order valence-corrected chi connectivity index (χ4v) is 3.65. The molecular formula is C25H22ClN3O2. The van der Waals surface area contributed by atoms with Crippen molar-refractivity contribution in [2.24, 2.45) is 5.73 Å². The van der Waals surface area contributed by atoms with Gasteiger partial charge in [0, 0.05) is 29.2 Å². The van der Waals surface area contributed by atoms with Crippen molar-refractivity contribution in [2.75, 3.05) is 6.54 Å². The van der Waals surface area contributed by atoms with Crippen molar-refractivity contribution in [3.05, 3.63) is 101 Å². The smallest absolute Gasteiger partial charge is 0.250 e. The second-order valence-electron chi connectivity index (χ2n) is 7.14. The summed E-state index contributed by atoms with van der Waals surface area (Å²) < 4.78 is 5.98. The zero-order valence-corrected chi connectivity index (χ0v) is 17.6. The highest BCUT2D eigenvalue weighted by Gasteiger charge is 2.09. The van der Waals surface area contributed by atoms with Gasteiger partial charge in [-0.2, -0.15) is 0 Å². The number of hydrogen-bond acceptors (Lipinski definition) is 4. The first-order chi connectivity index (χ1) is 15.1. The van der Waals surface area contributed by atoms with E-state index in [1.165, 1.54) is 11.8 Å². The van der Waals surface area contributed by atoms with E-state index in [0.29, 0.717) is 17.2 Å². The molecule has 4 aromatic rings. The maximum atomic E-state index is 11.2. The lowest BCUT2D eigenvalue weighted by Gasteiger charge is -2.13. The first-order valence-electron chi connectivity index (χ1n) is 10.0. The first-order valence-corrected chi connectivity index (χ1v) is 10.4. The number of carbonyl (C=O) groups is 1. The van der Waals surface area contributed by atoms with Gasteiger partial charge in [0.15, 0.2) is 0 Å². The number of nitrogens with two attached hydrogens (primary N) is 1. The van der Waals surface area contributed by atoms with Crippen LogP contribution in [0.25, 0.3) is 10.8 Å². The average molecular weight is 432 g/mol. The van der Waals surface area contributed by atoms with E-state index in [1.54, 1.807) is 12.1 Å². The van der Waals surface area contributed by atoms with Crippen molar-refractivity contribution >= 4 is 28.3 Å². The van der Waals surface area contributed by atoms with Crippen LogP contribution in [0, 0.1) is 0 Å².